The molecule has 37 heavy (non-hydrogen) atoms. The second-order valence-electron chi connectivity index (χ2n) is 7.23. The summed E-state index contributed by atoms with van der Waals surface area (Å²) in [5, 5.41) is 5.19. The van der Waals surface area contributed by atoms with Gasteiger partial charge in [0, 0.05) is 6.20 Å². The van der Waals surface area contributed by atoms with E-state index in [1.807, 2.05) is 5.48 Å². The van der Waals surface area contributed by atoms with Crippen LogP contribution in [0.25, 0.3) is 0 Å². The lowest BCUT2D eigenvalue weighted by Gasteiger charge is -2.17. The van der Waals surface area contributed by atoms with Crippen molar-refractivity contribution in [2.24, 2.45) is 0 Å². The standard InChI is InChI=1S/C20H19BrF3N6O6P/c1-35-14-7-10(9-37(32,33)34)3-4-12(14)27-19-25-8-11(20(22,23)24)17(29-19)26-13-5-6-15(21)28-16(13)18(31)30-36-2/h3-8H,9H2,1-2H3,(H,30,31)(H2,32,33,34)(H2,25,26,27,29). The number of rotatable bonds is 9. The smallest absolute Gasteiger partial charge is 0.421 e. The number of ether oxygens (including phenoxy) is 1. The van der Waals surface area contributed by atoms with Crippen molar-refractivity contribution in [1.29, 1.82) is 0 Å². The molecule has 0 unspecified atom stereocenters. The van der Waals surface area contributed by atoms with Gasteiger partial charge in [-0.1, -0.05) is 6.07 Å². The Labute approximate surface area is 215 Å². The highest BCUT2D eigenvalue weighted by atomic mass is 79.9. The average Bonchev–Trinajstić information content (AvgIpc) is 2.79. The molecule has 0 aliphatic heterocycles. The van der Waals surface area contributed by atoms with Crippen LogP contribution >= 0.6 is 23.5 Å². The van der Waals surface area contributed by atoms with Crippen LogP contribution in [0.5, 0.6) is 5.75 Å². The minimum atomic E-state index is -4.85. The van der Waals surface area contributed by atoms with Crippen molar-refractivity contribution >= 4 is 52.6 Å². The molecule has 1 aromatic carbocycles. The molecule has 0 atom stereocenters. The van der Waals surface area contributed by atoms with Gasteiger partial charge in [0.05, 0.1) is 31.8 Å². The minimum absolute atomic E-state index is 0.104. The number of halogens is 4. The van der Waals surface area contributed by atoms with Gasteiger partial charge >= 0.3 is 13.8 Å². The largest absolute Gasteiger partial charge is 0.495 e. The first kappa shape index (κ1) is 28.3. The van der Waals surface area contributed by atoms with E-state index in [0.717, 1.165) is 0 Å². The Hall–Kier alpha value is -3.30. The molecule has 0 bridgehead atoms. The summed E-state index contributed by atoms with van der Waals surface area (Å²) in [6.45, 7) is 0. The van der Waals surface area contributed by atoms with Crippen LogP contribution in [0.1, 0.15) is 21.6 Å². The molecule has 12 nitrogen and oxygen atoms in total. The predicted molar refractivity (Wildman–Crippen MR) is 129 cm³/mol. The van der Waals surface area contributed by atoms with Gasteiger partial charge in [-0.25, -0.2) is 15.4 Å². The molecule has 0 spiro atoms. The number of hydrogen-bond donors (Lipinski definition) is 5. The monoisotopic (exact) mass is 606 g/mol. The Balaban J connectivity index is 2.00. The summed E-state index contributed by atoms with van der Waals surface area (Å²) in [7, 11) is -1.86. The summed E-state index contributed by atoms with van der Waals surface area (Å²) < 4.78 is 57.9. The van der Waals surface area contributed by atoms with Crippen molar-refractivity contribution in [3.63, 3.8) is 0 Å². The molecule has 5 N–H and O–H groups in total. The van der Waals surface area contributed by atoms with E-state index in [1.165, 1.54) is 44.6 Å². The van der Waals surface area contributed by atoms with Crippen LogP contribution in [0, 0.1) is 0 Å². The van der Waals surface area contributed by atoms with Crippen molar-refractivity contribution in [3.8, 4) is 5.75 Å². The summed E-state index contributed by atoms with van der Waals surface area (Å²) in [6, 6.07) is 6.90. The summed E-state index contributed by atoms with van der Waals surface area (Å²) in [6.07, 6.45) is -4.83. The van der Waals surface area contributed by atoms with E-state index in [1.54, 1.807) is 0 Å². The first-order valence-corrected chi connectivity index (χ1v) is 12.6. The lowest BCUT2D eigenvalue weighted by atomic mass is 10.2. The SMILES string of the molecule is CONC(=O)c1nc(Br)ccc1Nc1nc(Nc2ccc(CP(=O)(O)O)cc2OC)ncc1C(F)(F)F. The fraction of sp³-hybridized carbons (Fsp3) is 0.200. The summed E-state index contributed by atoms with van der Waals surface area (Å²) in [5.74, 6) is -1.64. The number of benzene rings is 1. The maximum atomic E-state index is 13.7. The van der Waals surface area contributed by atoms with Gasteiger partial charge in [-0.2, -0.15) is 18.2 Å². The van der Waals surface area contributed by atoms with Crippen LogP contribution in [-0.2, 0) is 21.7 Å². The summed E-state index contributed by atoms with van der Waals surface area (Å²) >= 11 is 3.10. The first-order chi connectivity index (χ1) is 17.3. The number of hydrogen-bond acceptors (Lipinski definition) is 9. The third kappa shape index (κ3) is 7.60. The van der Waals surface area contributed by atoms with E-state index in [9.17, 15) is 32.3 Å². The number of amides is 1. The molecule has 0 fully saturated rings. The summed E-state index contributed by atoms with van der Waals surface area (Å²) in [5.41, 5.74) is 0.931. The topological polar surface area (TPSA) is 168 Å². The highest BCUT2D eigenvalue weighted by Gasteiger charge is 2.36. The molecule has 2 aromatic heterocycles. The molecule has 0 aliphatic carbocycles. The molecule has 3 rings (SSSR count). The Morgan fingerprint density at radius 3 is 2.43 bits per heavy atom. The Kier molecular flexibility index (Phi) is 8.71. The number of carbonyl (C=O) groups is 1. The van der Waals surface area contributed by atoms with E-state index in [4.69, 9.17) is 4.74 Å². The normalized spacial score (nSPS) is 11.7. The van der Waals surface area contributed by atoms with Gasteiger partial charge in [-0.15, -0.1) is 0 Å². The van der Waals surface area contributed by atoms with Crippen molar-refractivity contribution in [3.05, 3.63) is 58.0 Å². The van der Waals surface area contributed by atoms with Gasteiger partial charge in [0.15, 0.2) is 5.69 Å². The van der Waals surface area contributed by atoms with Crippen LogP contribution in [-0.4, -0.2) is 44.9 Å². The lowest BCUT2D eigenvalue weighted by Crippen LogP contribution is -2.24. The molecule has 2 heterocycles. The van der Waals surface area contributed by atoms with Crippen molar-refractivity contribution < 1.29 is 41.9 Å². The number of nitrogens with zero attached hydrogens (tertiary/aromatic N) is 3. The third-order valence-corrected chi connectivity index (χ3v) is 5.74. The highest BCUT2D eigenvalue weighted by molar-refractivity contribution is 9.10. The van der Waals surface area contributed by atoms with Gasteiger partial charge in [-0.3, -0.25) is 14.2 Å². The van der Waals surface area contributed by atoms with Crippen LogP contribution in [0.2, 0.25) is 0 Å². The van der Waals surface area contributed by atoms with E-state index in [-0.39, 0.29) is 38.9 Å². The molecular formula is C20H19BrF3N6O6P. The third-order valence-electron chi connectivity index (χ3n) is 4.52. The van der Waals surface area contributed by atoms with Gasteiger partial charge < -0.3 is 25.2 Å². The Morgan fingerprint density at radius 1 is 1.11 bits per heavy atom. The van der Waals surface area contributed by atoms with Crippen molar-refractivity contribution in [2.45, 2.75) is 12.3 Å². The average molecular weight is 607 g/mol. The van der Waals surface area contributed by atoms with Crippen molar-refractivity contribution in [2.75, 3.05) is 24.9 Å². The quantitative estimate of drug-likeness (QED) is 0.135. The van der Waals surface area contributed by atoms with Crippen LogP contribution in [0.3, 0.4) is 0 Å². The molecule has 0 saturated carbocycles. The number of pyridine rings is 1. The predicted octanol–water partition coefficient (Wildman–Crippen LogP) is 4.12. The van der Waals surface area contributed by atoms with E-state index < -0.39 is 37.2 Å². The Bertz CT molecular complexity index is 1360. The molecule has 198 valence electrons. The van der Waals surface area contributed by atoms with Crippen molar-refractivity contribution in [1.82, 2.24) is 20.4 Å². The van der Waals surface area contributed by atoms with Crippen LogP contribution in [0.15, 0.2) is 41.1 Å². The number of carbonyl (C=O) groups excluding carboxylic acids is 1. The maximum Gasteiger partial charge on any atom is 0.421 e. The number of hydroxylamine groups is 1. The minimum Gasteiger partial charge on any atom is -0.495 e. The van der Waals surface area contributed by atoms with Gasteiger partial charge in [-0.05, 0) is 45.8 Å². The Morgan fingerprint density at radius 2 is 1.81 bits per heavy atom. The van der Waals surface area contributed by atoms with E-state index in [2.05, 4.69) is 46.4 Å². The zero-order chi connectivity index (χ0) is 27.4. The van der Waals surface area contributed by atoms with Gasteiger partial charge in [0.25, 0.3) is 5.91 Å². The zero-order valence-electron chi connectivity index (χ0n) is 19.0. The molecule has 0 saturated heterocycles. The first-order valence-electron chi connectivity index (χ1n) is 10.0. The van der Waals surface area contributed by atoms with E-state index in [0.29, 0.717) is 6.20 Å². The van der Waals surface area contributed by atoms with Crippen LogP contribution < -0.4 is 20.9 Å². The second-order valence-corrected chi connectivity index (χ2v) is 9.68. The number of methoxy groups -OCH3 is 1. The maximum absolute atomic E-state index is 13.7. The molecule has 1 amide bonds. The summed E-state index contributed by atoms with van der Waals surface area (Å²) in [4.78, 5) is 46.8. The fourth-order valence-corrected chi connectivity index (χ4v) is 4.00. The molecular weight excluding hydrogens is 588 g/mol. The zero-order valence-corrected chi connectivity index (χ0v) is 21.5. The highest BCUT2D eigenvalue weighted by Crippen LogP contribution is 2.41. The van der Waals surface area contributed by atoms with Gasteiger partial charge in [0.1, 0.15) is 21.7 Å². The molecule has 0 radical (unpaired) electrons. The number of anilines is 4. The second kappa shape index (κ2) is 11.4. The molecule has 3 aromatic rings. The van der Waals surface area contributed by atoms with E-state index >= 15 is 0 Å². The molecule has 0 aliphatic rings. The van der Waals surface area contributed by atoms with Gasteiger partial charge in [0.2, 0.25) is 5.95 Å². The van der Waals surface area contributed by atoms with Crippen LogP contribution in [0.4, 0.5) is 36.3 Å². The number of nitrogens with one attached hydrogen (secondary N) is 3. The fourth-order valence-electron chi connectivity index (χ4n) is 3.02. The number of aromatic nitrogens is 3. The number of alkyl halides is 3. The lowest BCUT2D eigenvalue weighted by molar-refractivity contribution is -0.137. The molecule has 17 heteroatoms.